The van der Waals surface area contributed by atoms with Gasteiger partial charge in [0.1, 0.15) is 11.5 Å². The van der Waals surface area contributed by atoms with Crippen molar-refractivity contribution in [2.24, 2.45) is 11.0 Å². The van der Waals surface area contributed by atoms with Crippen LogP contribution < -0.4 is 10.3 Å². The number of nitrogens with one attached hydrogen (secondary N) is 1. The number of hydrogen-bond donors (Lipinski definition) is 2. The lowest BCUT2D eigenvalue weighted by Gasteiger charge is -2.12. The molecule has 0 bridgehead atoms. The predicted molar refractivity (Wildman–Crippen MR) is 136 cm³/mol. The van der Waals surface area contributed by atoms with E-state index in [1.165, 1.54) is 17.1 Å². The van der Waals surface area contributed by atoms with E-state index in [2.05, 4.69) is 10.4 Å². The maximum Gasteiger partial charge on any atom is 0.335 e. The highest BCUT2D eigenvalue weighted by atomic mass is 35.5. The van der Waals surface area contributed by atoms with Crippen LogP contribution in [0.4, 0.5) is 5.69 Å². The molecule has 2 amide bonds. The Bertz CT molecular complexity index is 1450. The Hall–Kier alpha value is -4.17. The summed E-state index contributed by atoms with van der Waals surface area (Å²) < 4.78 is 5.95. The number of carbonyl (C=O) groups excluding carboxylic acids is 2. The van der Waals surface area contributed by atoms with Gasteiger partial charge >= 0.3 is 5.97 Å². The van der Waals surface area contributed by atoms with Crippen LogP contribution in [0.1, 0.15) is 46.2 Å². The minimum atomic E-state index is -1.09. The highest BCUT2D eigenvalue weighted by molar-refractivity contribution is 6.34. The highest BCUT2D eigenvalue weighted by Gasteiger charge is 2.29. The Morgan fingerprint density at radius 2 is 2.00 bits per heavy atom. The molecule has 8 nitrogen and oxygen atoms in total. The number of furan rings is 1. The third-order valence-corrected chi connectivity index (χ3v) is 6.39. The number of carboxylic acid groups (broad SMARTS) is 1. The molecule has 0 saturated heterocycles. The van der Waals surface area contributed by atoms with E-state index in [1.54, 1.807) is 55.5 Å². The SMILES string of the molecule is CC1=NN(c2cccc(C(=O)O)c2)C(=O)C1=Cc1ccc(-c2ccc(Cl)c(C(=O)NCC3CC3)c2)o1. The van der Waals surface area contributed by atoms with Gasteiger partial charge in [-0.05, 0) is 80.3 Å². The number of nitrogens with zero attached hydrogens (tertiary/aromatic N) is 2. The fourth-order valence-electron chi connectivity index (χ4n) is 3.86. The summed E-state index contributed by atoms with van der Waals surface area (Å²) in [5.74, 6) is -0.209. The summed E-state index contributed by atoms with van der Waals surface area (Å²) in [5, 5.41) is 18.0. The summed E-state index contributed by atoms with van der Waals surface area (Å²) in [5.41, 5.74) is 2.27. The zero-order valence-electron chi connectivity index (χ0n) is 19.3. The molecule has 1 aliphatic heterocycles. The van der Waals surface area contributed by atoms with Crippen molar-refractivity contribution in [2.45, 2.75) is 19.8 Å². The van der Waals surface area contributed by atoms with Crippen molar-refractivity contribution in [3.63, 3.8) is 0 Å². The summed E-state index contributed by atoms with van der Waals surface area (Å²) in [6.45, 7) is 2.34. The van der Waals surface area contributed by atoms with E-state index in [-0.39, 0.29) is 11.5 Å². The fraction of sp³-hybridized carbons (Fsp3) is 0.185. The first kappa shape index (κ1) is 23.6. The Morgan fingerprint density at radius 3 is 2.75 bits per heavy atom. The lowest BCUT2D eigenvalue weighted by Crippen LogP contribution is -2.25. The predicted octanol–water partition coefficient (Wildman–Crippen LogP) is 5.24. The summed E-state index contributed by atoms with van der Waals surface area (Å²) in [7, 11) is 0. The molecule has 36 heavy (non-hydrogen) atoms. The number of carboxylic acids is 1. The molecule has 2 aliphatic rings. The topological polar surface area (TPSA) is 112 Å². The molecule has 2 aromatic carbocycles. The number of aromatic carboxylic acids is 1. The van der Waals surface area contributed by atoms with E-state index < -0.39 is 11.9 Å². The molecule has 182 valence electrons. The zero-order chi connectivity index (χ0) is 25.4. The third-order valence-electron chi connectivity index (χ3n) is 6.06. The second-order valence-corrected chi connectivity index (χ2v) is 9.17. The summed E-state index contributed by atoms with van der Waals surface area (Å²) >= 11 is 6.26. The first-order valence-electron chi connectivity index (χ1n) is 11.4. The zero-order valence-corrected chi connectivity index (χ0v) is 20.1. The largest absolute Gasteiger partial charge is 0.478 e. The highest BCUT2D eigenvalue weighted by Crippen LogP contribution is 2.31. The molecule has 1 saturated carbocycles. The molecule has 9 heteroatoms. The average molecular weight is 504 g/mol. The van der Waals surface area contributed by atoms with E-state index in [0.717, 1.165) is 12.8 Å². The van der Waals surface area contributed by atoms with Crippen molar-refractivity contribution >= 4 is 46.9 Å². The number of carbonyl (C=O) groups is 3. The van der Waals surface area contributed by atoms with Gasteiger partial charge in [0.05, 0.1) is 33.1 Å². The standard InChI is InChI=1S/C27H22ClN3O5/c1-15-21(26(33)31(30-15)19-4-2-3-18(11-19)27(34)35)13-20-8-10-24(36-20)17-7-9-23(28)22(12-17)25(32)29-14-16-5-6-16/h2-4,7-13,16H,5-6,14H2,1H3,(H,29,32)(H,34,35). The summed E-state index contributed by atoms with van der Waals surface area (Å²) in [4.78, 5) is 36.9. The van der Waals surface area contributed by atoms with Crippen LogP contribution in [-0.2, 0) is 4.79 Å². The molecular formula is C27H22ClN3O5. The number of benzene rings is 2. The maximum absolute atomic E-state index is 13.0. The molecule has 3 aromatic rings. The van der Waals surface area contributed by atoms with Crippen molar-refractivity contribution in [1.82, 2.24) is 5.32 Å². The molecule has 0 unspecified atom stereocenters. The minimum absolute atomic E-state index is 0.0600. The van der Waals surface area contributed by atoms with Crippen LogP contribution in [0.3, 0.4) is 0 Å². The van der Waals surface area contributed by atoms with Crippen LogP contribution in [0.15, 0.2) is 69.7 Å². The van der Waals surface area contributed by atoms with Crippen molar-refractivity contribution in [1.29, 1.82) is 0 Å². The number of hydrazone groups is 1. The van der Waals surface area contributed by atoms with Crippen LogP contribution in [0.5, 0.6) is 0 Å². The number of halogens is 1. The van der Waals surface area contributed by atoms with Gasteiger partial charge in [-0.3, -0.25) is 9.59 Å². The first-order chi connectivity index (χ1) is 17.3. The average Bonchev–Trinajstić information content (AvgIpc) is 3.52. The van der Waals surface area contributed by atoms with Crippen LogP contribution in [-0.4, -0.2) is 35.1 Å². The molecule has 1 fully saturated rings. The van der Waals surface area contributed by atoms with Gasteiger partial charge in [-0.25, -0.2) is 4.79 Å². The van der Waals surface area contributed by atoms with Crippen LogP contribution in [0, 0.1) is 5.92 Å². The number of amides is 2. The number of anilines is 1. The Balaban J connectivity index is 1.37. The van der Waals surface area contributed by atoms with E-state index in [4.69, 9.17) is 16.0 Å². The summed E-state index contributed by atoms with van der Waals surface area (Å²) in [6.07, 6.45) is 3.86. The molecule has 0 spiro atoms. The van der Waals surface area contributed by atoms with Crippen molar-refractivity contribution < 1.29 is 23.9 Å². The van der Waals surface area contributed by atoms with Crippen LogP contribution >= 0.6 is 11.6 Å². The Labute approximate surface area is 211 Å². The van der Waals surface area contributed by atoms with Crippen LogP contribution in [0.2, 0.25) is 5.02 Å². The van der Waals surface area contributed by atoms with Gasteiger partial charge < -0.3 is 14.8 Å². The second-order valence-electron chi connectivity index (χ2n) is 8.77. The normalized spacial score (nSPS) is 16.4. The second kappa shape index (κ2) is 9.47. The first-order valence-corrected chi connectivity index (χ1v) is 11.8. The smallest absolute Gasteiger partial charge is 0.335 e. The van der Waals surface area contributed by atoms with Gasteiger partial charge in [0, 0.05) is 12.1 Å². The van der Waals surface area contributed by atoms with Gasteiger partial charge in [0.15, 0.2) is 0 Å². The van der Waals surface area contributed by atoms with E-state index in [9.17, 15) is 19.5 Å². The maximum atomic E-state index is 13.0. The molecule has 2 N–H and O–H groups in total. The molecule has 5 rings (SSSR count). The summed E-state index contributed by atoms with van der Waals surface area (Å²) in [6, 6.07) is 14.6. The molecule has 1 aromatic heterocycles. The quantitative estimate of drug-likeness (QED) is 0.428. The van der Waals surface area contributed by atoms with Gasteiger partial charge in [-0.1, -0.05) is 17.7 Å². The van der Waals surface area contributed by atoms with Gasteiger partial charge in [-0.2, -0.15) is 10.1 Å². The lowest BCUT2D eigenvalue weighted by atomic mass is 10.1. The van der Waals surface area contributed by atoms with Crippen LogP contribution in [0.25, 0.3) is 17.4 Å². The Kier molecular flexibility index (Phi) is 6.20. The number of rotatable bonds is 7. The van der Waals surface area contributed by atoms with Gasteiger partial charge in [0.25, 0.3) is 11.8 Å². The van der Waals surface area contributed by atoms with E-state index in [1.807, 2.05) is 0 Å². The molecule has 0 radical (unpaired) electrons. The molecule has 1 aliphatic carbocycles. The number of hydrogen-bond acceptors (Lipinski definition) is 5. The monoisotopic (exact) mass is 503 g/mol. The van der Waals surface area contributed by atoms with Crippen molar-refractivity contribution in [2.75, 3.05) is 11.6 Å². The Morgan fingerprint density at radius 1 is 1.19 bits per heavy atom. The van der Waals surface area contributed by atoms with E-state index in [0.29, 0.717) is 57.1 Å². The molecule has 0 atom stereocenters. The molecule has 2 heterocycles. The van der Waals surface area contributed by atoms with Gasteiger partial charge in [-0.15, -0.1) is 0 Å². The fourth-order valence-corrected chi connectivity index (χ4v) is 4.07. The van der Waals surface area contributed by atoms with Crippen molar-refractivity contribution in [3.05, 3.63) is 82.1 Å². The third kappa shape index (κ3) is 4.81. The van der Waals surface area contributed by atoms with Crippen molar-refractivity contribution in [3.8, 4) is 11.3 Å². The molecular weight excluding hydrogens is 482 g/mol. The van der Waals surface area contributed by atoms with Gasteiger partial charge in [0.2, 0.25) is 0 Å². The minimum Gasteiger partial charge on any atom is -0.478 e. The van der Waals surface area contributed by atoms with E-state index >= 15 is 0 Å². The lowest BCUT2D eigenvalue weighted by molar-refractivity contribution is -0.114.